The standard InChI is InChI=1S/C23H33N3O5/c1-6-16-9-11-17(12-10-16)20(15(4)5)24-18(27)14-31-19(28)13-26-21(29)23(7-2,8-3)25-22(26)30/h9-12,15,20H,6-8,13-14H2,1-5H3,(H,24,27)(H,25,30)/t20-/m0/s1. The molecule has 1 aromatic carbocycles. The van der Waals surface area contributed by atoms with E-state index < -0.39 is 42.5 Å². The molecule has 0 spiro atoms. The van der Waals surface area contributed by atoms with Crippen molar-refractivity contribution in [1.29, 1.82) is 0 Å². The molecule has 1 aliphatic rings. The van der Waals surface area contributed by atoms with Crippen LogP contribution in [0.1, 0.15) is 64.6 Å². The summed E-state index contributed by atoms with van der Waals surface area (Å²) >= 11 is 0. The van der Waals surface area contributed by atoms with E-state index in [2.05, 4.69) is 17.6 Å². The fraction of sp³-hybridized carbons (Fsp3) is 0.565. The number of nitrogens with zero attached hydrogens (tertiary/aromatic N) is 1. The summed E-state index contributed by atoms with van der Waals surface area (Å²) in [4.78, 5) is 50.1. The van der Waals surface area contributed by atoms with Crippen molar-refractivity contribution in [3.8, 4) is 0 Å². The van der Waals surface area contributed by atoms with Gasteiger partial charge in [-0.1, -0.05) is 58.9 Å². The molecule has 8 heteroatoms. The third-order valence-corrected chi connectivity index (χ3v) is 5.83. The summed E-state index contributed by atoms with van der Waals surface area (Å²) in [5, 5.41) is 5.54. The summed E-state index contributed by atoms with van der Waals surface area (Å²) in [5.74, 6) is -1.57. The van der Waals surface area contributed by atoms with Gasteiger partial charge in [0.1, 0.15) is 12.1 Å². The molecule has 1 aliphatic heterocycles. The zero-order valence-electron chi connectivity index (χ0n) is 19.0. The second-order valence-corrected chi connectivity index (χ2v) is 8.16. The summed E-state index contributed by atoms with van der Waals surface area (Å²) in [6, 6.07) is 7.19. The first-order valence-electron chi connectivity index (χ1n) is 10.8. The van der Waals surface area contributed by atoms with Gasteiger partial charge in [0.05, 0.1) is 6.04 Å². The monoisotopic (exact) mass is 431 g/mol. The van der Waals surface area contributed by atoms with Gasteiger partial charge in [-0.05, 0) is 36.3 Å². The van der Waals surface area contributed by atoms with Gasteiger partial charge in [-0.25, -0.2) is 4.79 Å². The lowest BCUT2D eigenvalue weighted by molar-refractivity contribution is -0.151. The second kappa shape index (κ2) is 10.4. The Kier molecular flexibility index (Phi) is 8.19. The molecule has 31 heavy (non-hydrogen) atoms. The third kappa shape index (κ3) is 5.62. The molecule has 8 nitrogen and oxygen atoms in total. The average Bonchev–Trinajstić information content (AvgIpc) is 3.00. The highest BCUT2D eigenvalue weighted by atomic mass is 16.5. The van der Waals surface area contributed by atoms with Crippen LogP contribution in [-0.4, -0.2) is 47.4 Å². The van der Waals surface area contributed by atoms with Crippen molar-refractivity contribution in [1.82, 2.24) is 15.5 Å². The number of hydrogen-bond acceptors (Lipinski definition) is 5. The van der Waals surface area contributed by atoms with Crippen LogP contribution in [0.2, 0.25) is 0 Å². The number of imide groups is 1. The Morgan fingerprint density at radius 2 is 1.71 bits per heavy atom. The van der Waals surface area contributed by atoms with Crippen molar-refractivity contribution >= 4 is 23.8 Å². The number of esters is 1. The maximum absolute atomic E-state index is 12.6. The summed E-state index contributed by atoms with van der Waals surface area (Å²) in [7, 11) is 0. The van der Waals surface area contributed by atoms with E-state index in [1.165, 1.54) is 5.56 Å². The summed E-state index contributed by atoms with van der Waals surface area (Å²) < 4.78 is 5.03. The van der Waals surface area contributed by atoms with E-state index >= 15 is 0 Å². The molecule has 1 aromatic rings. The number of carbonyl (C=O) groups excluding carboxylic acids is 4. The van der Waals surface area contributed by atoms with Gasteiger partial charge in [-0.3, -0.25) is 19.3 Å². The fourth-order valence-electron chi connectivity index (χ4n) is 3.68. The van der Waals surface area contributed by atoms with Gasteiger partial charge in [-0.2, -0.15) is 0 Å². The Hall–Kier alpha value is -2.90. The maximum atomic E-state index is 12.6. The van der Waals surface area contributed by atoms with Crippen molar-refractivity contribution < 1.29 is 23.9 Å². The maximum Gasteiger partial charge on any atom is 0.326 e. The SMILES string of the molecule is CCc1ccc([C@@H](NC(=O)COC(=O)CN2C(=O)NC(CC)(CC)C2=O)C(C)C)cc1. The smallest absolute Gasteiger partial charge is 0.326 e. The highest BCUT2D eigenvalue weighted by Crippen LogP contribution is 2.25. The number of urea groups is 1. The predicted molar refractivity (Wildman–Crippen MR) is 116 cm³/mol. The summed E-state index contributed by atoms with van der Waals surface area (Å²) in [6.45, 7) is 8.67. The number of hydrogen-bond donors (Lipinski definition) is 2. The number of amides is 4. The number of carbonyl (C=O) groups is 4. The van der Waals surface area contributed by atoms with Crippen molar-refractivity contribution in [2.75, 3.05) is 13.2 Å². The van der Waals surface area contributed by atoms with E-state index in [1.54, 1.807) is 13.8 Å². The molecule has 0 aromatic heterocycles. The molecular formula is C23H33N3O5. The van der Waals surface area contributed by atoms with Crippen LogP contribution in [0.4, 0.5) is 4.79 Å². The van der Waals surface area contributed by atoms with Crippen molar-refractivity contribution in [2.24, 2.45) is 5.92 Å². The van der Waals surface area contributed by atoms with Gasteiger partial charge in [-0.15, -0.1) is 0 Å². The van der Waals surface area contributed by atoms with Gasteiger partial charge in [0.2, 0.25) is 0 Å². The Balaban J connectivity index is 1.91. The van der Waals surface area contributed by atoms with E-state index in [9.17, 15) is 19.2 Å². The van der Waals surface area contributed by atoms with E-state index in [0.29, 0.717) is 12.8 Å². The van der Waals surface area contributed by atoms with Gasteiger partial charge >= 0.3 is 12.0 Å². The summed E-state index contributed by atoms with van der Waals surface area (Å²) in [5.41, 5.74) is 1.20. The molecule has 1 atom stereocenters. The molecule has 170 valence electrons. The Morgan fingerprint density at radius 1 is 1.10 bits per heavy atom. The lowest BCUT2D eigenvalue weighted by atomic mass is 9.93. The molecule has 1 heterocycles. The topological polar surface area (TPSA) is 105 Å². The zero-order chi connectivity index (χ0) is 23.2. The van der Waals surface area contributed by atoms with Crippen molar-refractivity contribution in [2.45, 2.75) is 65.5 Å². The van der Waals surface area contributed by atoms with Crippen molar-refractivity contribution in [3.05, 3.63) is 35.4 Å². The zero-order valence-corrected chi connectivity index (χ0v) is 19.0. The van der Waals surface area contributed by atoms with Gasteiger partial charge < -0.3 is 15.4 Å². The Bertz CT molecular complexity index is 815. The van der Waals surface area contributed by atoms with Crippen LogP contribution in [0.5, 0.6) is 0 Å². The van der Waals surface area contributed by atoms with Crippen LogP contribution in [0.3, 0.4) is 0 Å². The highest BCUT2D eigenvalue weighted by molar-refractivity contribution is 6.08. The number of rotatable bonds is 10. The molecule has 0 saturated carbocycles. The normalized spacial score (nSPS) is 16.3. The number of nitrogens with one attached hydrogen (secondary N) is 2. The van der Waals surface area contributed by atoms with Crippen molar-refractivity contribution in [3.63, 3.8) is 0 Å². The largest absolute Gasteiger partial charge is 0.454 e. The molecular weight excluding hydrogens is 398 g/mol. The van der Waals surface area contributed by atoms with Gasteiger partial charge in [0.15, 0.2) is 6.61 Å². The molecule has 2 N–H and O–H groups in total. The van der Waals surface area contributed by atoms with Crippen LogP contribution in [0.25, 0.3) is 0 Å². The molecule has 1 fully saturated rings. The van der Waals surface area contributed by atoms with E-state index in [1.807, 2.05) is 38.1 Å². The van der Waals surface area contributed by atoms with Crippen LogP contribution < -0.4 is 10.6 Å². The minimum absolute atomic E-state index is 0.134. The lowest BCUT2D eigenvalue weighted by Crippen LogP contribution is -2.46. The minimum Gasteiger partial charge on any atom is -0.454 e. The quantitative estimate of drug-likeness (QED) is 0.438. The first kappa shape index (κ1) is 24.4. The molecule has 2 rings (SSSR count). The first-order valence-corrected chi connectivity index (χ1v) is 10.8. The molecule has 0 unspecified atom stereocenters. The second-order valence-electron chi connectivity index (χ2n) is 8.16. The number of benzene rings is 1. The lowest BCUT2D eigenvalue weighted by Gasteiger charge is -2.23. The third-order valence-electron chi connectivity index (χ3n) is 5.83. The van der Waals surface area contributed by atoms with Crippen LogP contribution >= 0.6 is 0 Å². The van der Waals surface area contributed by atoms with E-state index in [-0.39, 0.29) is 12.0 Å². The molecule has 1 saturated heterocycles. The van der Waals surface area contributed by atoms with Crippen LogP contribution in [0.15, 0.2) is 24.3 Å². The van der Waals surface area contributed by atoms with E-state index in [4.69, 9.17) is 4.74 Å². The number of ether oxygens (including phenoxy) is 1. The Morgan fingerprint density at radius 3 is 2.19 bits per heavy atom. The predicted octanol–water partition coefficient (Wildman–Crippen LogP) is 2.72. The first-order chi connectivity index (χ1) is 14.7. The van der Waals surface area contributed by atoms with Crippen LogP contribution in [0, 0.1) is 5.92 Å². The molecule has 0 aliphatic carbocycles. The summed E-state index contributed by atoms with van der Waals surface area (Å²) in [6.07, 6.45) is 1.79. The minimum atomic E-state index is -0.980. The molecule has 4 amide bonds. The highest BCUT2D eigenvalue weighted by Gasteiger charge is 2.49. The van der Waals surface area contributed by atoms with E-state index in [0.717, 1.165) is 16.9 Å². The number of aryl methyl sites for hydroxylation is 1. The molecule has 0 bridgehead atoms. The molecule has 0 radical (unpaired) electrons. The van der Waals surface area contributed by atoms with Gasteiger partial charge in [0, 0.05) is 0 Å². The fourth-order valence-corrected chi connectivity index (χ4v) is 3.68. The van der Waals surface area contributed by atoms with Gasteiger partial charge in [0.25, 0.3) is 11.8 Å². The Labute approximate surface area is 183 Å². The average molecular weight is 432 g/mol. The van der Waals surface area contributed by atoms with Crippen LogP contribution in [-0.2, 0) is 25.5 Å².